The normalized spacial score (nSPS) is 12.1. The molecular formula is C17H27NO3. The van der Waals surface area contributed by atoms with Crippen LogP contribution in [0.25, 0.3) is 0 Å². The van der Waals surface area contributed by atoms with Gasteiger partial charge in [0.2, 0.25) is 0 Å². The lowest BCUT2D eigenvalue weighted by Crippen LogP contribution is -2.33. The lowest BCUT2D eigenvalue weighted by Gasteiger charge is -2.09. The average molecular weight is 293 g/mol. The van der Waals surface area contributed by atoms with E-state index in [-0.39, 0.29) is 19.1 Å². The molecule has 4 heteroatoms. The monoisotopic (exact) mass is 293 g/mol. The minimum Gasteiger partial charge on any atom is -0.394 e. The molecule has 0 heterocycles. The maximum Gasteiger partial charge on any atom is 0.251 e. The van der Waals surface area contributed by atoms with Gasteiger partial charge in [-0.3, -0.25) is 4.79 Å². The number of carbonyl (C=O) groups excluding carboxylic acids is 1. The maximum atomic E-state index is 11.8. The van der Waals surface area contributed by atoms with Crippen molar-refractivity contribution in [3.8, 4) is 0 Å². The van der Waals surface area contributed by atoms with Gasteiger partial charge in [-0.15, -0.1) is 0 Å². The van der Waals surface area contributed by atoms with E-state index >= 15 is 0 Å². The fourth-order valence-corrected chi connectivity index (χ4v) is 2.13. The van der Waals surface area contributed by atoms with Crippen LogP contribution < -0.4 is 5.32 Å². The predicted molar refractivity (Wildman–Crippen MR) is 84.3 cm³/mol. The second-order valence-corrected chi connectivity index (χ2v) is 5.41. The summed E-state index contributed by atoms with van der Waals surface area (Å²) in [6, 6.07) is 7.58. The predicted octanol–water partition coefficient (Wildman–Crippen LogP) is 2.28. The SMILES string of the molecule is CCCCCCCc1ccc(C(=O)NC[C@H](O)CO)cc1. The lowest BCUT2D eigenvalue weighted by molar-refractivity contribution is 0.0802. The molecule has 0 aromatic heterocycles. The summed E-state index contributed by atoms with van der Waals surface area (Å²) in [6.07, 6.45) is 6.45. The Morgan fingerprint density at radius 2 is 1.81 bits per heavy atom. The highest BCUT2D eigenvalue weighted by Gasteiger charge is 2.08. The zero-order chi connectivity index (χ0) is 15.5. The van der Waals surface area contributed by atoms with Crippen LogP contribution in [0, 0.1) is 0 Å². The summed E-state index contributed by atoms with van der Waals surface area (Å²) in [5.41, 5.74) is 1.83. The smallest absolute Gasteiger partial charge is 0.251 e. The van der Waals surface area contributed by atoms with E-state index in [1.54, 1.807) is 0 Å². The number of aliphatic hydroxyl groups is 2. The van der Waals surface area contributed by atoms with E-state index in [2.05, 4.69) is 12.2 Å². The summed E-state index contributed by atoms with van der Waals surface area (Å²) in [6.45, 7) is 1.93. The molecule has 0 bridgehead atoms. The van der Waals surface area contributed by atoms with Crippen molar-refractivity contribution in [2.24, 2.45) is 0 Å². The van der Waals surface area contributed by atoms with Crippen LogP contribution >= 0.6 is 0 Å². The first-order valence-electron chi connectivity index (χ1n) is 7.83. The largest absolute Gasteiger partial charge is 0.394 e. The number of carbonyl (C=O) groups is 1. The number of unbranched alkanes of at least 4 members (excludes halogenated alkanes) is 4. The third kappa shape index (κ3) is 7.25. The minimum absolute atomic E-state index is 0.0640. The quantitative estimate of drug-likeness (QED) is 0.580. The van der Waals surface area contributed by atoms with Crippen molar-refractivity contribution in [3.05, 3.63) is 35.4 Å². The van der Waals surface area contributed by atoms with Gasteiger partial charge in [0.15, 0.2) is 0 Å². The number of nitrogens with one attached hydrogen (secondary N) is 1. The van der Waals surface area contributed by atoms with E-state index in [0.717, 1.165) is 6.42 Å². The fraction of sp³-hybridized carbons (Fsp3) is 0.588. The van der Waals surface area contributed by atoms with Crippen LogP contribution in [0.3, 0.4) is 0 Å². The molecule has 1 aromatic carbocycles. The molecule has 1 aromatic rings. The molecule has 0 fully saturated rings. The van der Waals surface area contributed by atoms with Crippen LogP contribution in [0.4, 0.5) is 0 Å². The highest BCUT2D eigenvalue weighted by molar-refractivity contribution is 5.94. The van der Waals surface area contributed by atoms with Crippen LogP contribution in [0.5, 0.6) is 0 Å². The van der Waals surface area contributed by atoms with E-state index < -0.39 is 6.10 Å². The molecule has 0 spiro atoms. The zero-order valence-corrected chi connectivity index (χ0v) is 12.8. The van der Waals surface area contributed by atoms with E-state index in [1.807, 2.05) is 24.3 Å². The summed E-state index contributed by atoms with van der Waals surface area (Å²) in [5.74, 6) is -0.225. The maximum absolute atomic E-state index is 11.8. The van der Waals surface area contributed by atoms with E-state index in [1.165, 1.54) is 37.7 Å². The number of hydrogen-bond donors (Lipinski definition) is 3. The van der Waals surface area contributed by atoms with Crippen molar-refractivity contribution in [3.63, 3.8) is 0 Å². The first kappa shape index (κ1) is 17.7. The summed E-state index contributed by atoms with van der Waals surface area (Å²) in [7, 11) is 0. The van der Waals surface area contributed by atoms with Crippen molar-refractivity contribution in [2.75, 3.05) is 13.2 Å². The van der Waals surface area contributed by atoms with Gasteiger partial charge in [-0.25, -0.2) is 0 Å². The molecular weight excluding hydrogens is 266 g/mol. The summed E-state index contributed by atoms with van der Waals surface area (Å²) in [4.78, 5) is 11.8. The van der Waals surface area contributed by atoms with Crippen molar-refractivity contribution < 1.29 is 15.0 Å². The molecule has 1 atom stereocenters. The molecule has 4 nitrogen and oxygen atoms in total. The van der Waals surface area contributed by atoms with Gasteiger partial charge in [0.05, 0.1) is 12.7 Å². The first-order chi connectivity index (χ1) is 10.2. The molecule has 0 saturated heterocycles. The average Bonchev–Trinajstić information content (AvgIpc) is 2.52. The second kappa shape index (κ2) is 10.4. The van der Waals surface area contributed by atoms with E-state index in [0.29, 0.717) is 5.56 Å². The standard InChI is InChI=1S/C17H27NO3/c1-2-3-4-5-6-7-14-8-10-15(11-9-14)17(21)18-12-16(20)13-19/h8-11,16,19-20H,2-7,12-13H2,1H3,(H,18,21)/t16-/m0/s1. The molecule has 3 N–H and O–H groups in total. The van der Waals surface area contributed by atoms with Gasteiger partial charge in [0, 0.05) is 12.1 Å². The second-order valence-electron chi connectivity index (χ2n) is 5.41. The Balaban J connectivity index is 2.34. The topological polar surface area (TPSA) is 69.6 Å². The molecule has 0 aliphatic carbocycles. The first-order valence-corrected chi connectivity index (χ1v) is 7.83. The zero-order valence-electron chi connectivity index (χ0n) is 12.8. The van der Waals surface area contributed by atoms with Gasteiger partial charge in [-0.2, -0.15) is 0 Å². The van der Waals surface area contributed by atoms with Crippen molar-refractivity contribution in [1.29, 1.82) is 0 Å². The summed E-state index contributed by atoms with van der Waals surface area (Å²) >= 11 is 0. The number of benzene rings is 1. The molecule has 1 rings (SSSR count). The van der Waals surface area contributed by atoms with Gasteiger partial charge >= 0.3 is 0 Å². The van der Waals surface area contributed by atoms with Crippen molar-refractivity contribution in [1.82, 2.24) is 5.32 Å². The number of rotatable bonds is 10. The molecule has 1 amide bonds. The van der Waals surface area contributed by atoms with E-state index in [4.69, 9.17) is 5.11 Å². The summed E-state index contributed by atoms with van der Waals surface area (Å²) in [5, 5.41) is 20.5. The highest BCUT2D eigenvalue weighted by Crippen LogP contribution is 2.10. The number of hydrogen-bond acceptors (Lipinski definition) is 3. The van der Waals surface area contributed by atoms with Crippen LogP contribution in [-0.4, -0.2) is 35.4 Å². The Morgan fingerprint density at radius 3 is 2.43 bits per heavy atom. The van der Waals surface area contributed by atoms with Crippen LogP contribution in [-0.2, 0) is 6.42 Å². The molecule has 118 valence electrons. The Bertz CT molecular complexity index is 403. The van der Waals surface area contributed by atoms with Crippen LogP contribution in [0.1, 0.15) is 54.9 Å². The molecule has 0 aliphatic heterocycles. The molecule has 21 heavy (non-hydrogen) atoms. The van der Waals surface area contributed by atoms with Gasteiger partial charge in [0.1, 0.15) is 0 Å². The van der Waals surface area contributed by atoms with Crippen LogP contribution in [0.2, 0.25) is 0 Å². The third-order valence-corrected chi connectivity index (χ3v) is 3.49. The van der Waals surface area contributed by atoms with Gasteiger partial charge in [0.25, 0.3) is 5.91 Å². The number of amides is 1. The molecule has 0 saturated carbocycles. The summed E-state index contributed by atoms with van der Waals surface area (Å²) < 4.78 is 0. The Morgan fingerprint density at radius 1 is 1.14 bits per heavy atom. The van der Waals surface area contributed by atoms with Gasteiger partial charge in [-0.05, 0) is 30.5 Å². The Hall–Kier alpha value is -1.39. The van der Waals surface area contributed by atoms with Gasteiger partial charge < -0.3 is 15.5 Å². The molecule has 0 unspecified atom stereocenters. The van der Waals surface area contributed by atoms with Crippen LogP contribution in [0.15, 0.2) is 24.3 Å². The molecule has 0 aliphatic rings. The number of aryl methyl sites for hydroxylation is 1. The lowest BCUT2D eigenvalue weighted by atomic mass is 10.0. The molecule has 0 radical (unpaired) electrons. The number of aliphatic hydroxyl groups excluding tert-OH is 2. The fourth-order valence-electron chi connectivity index (χ4n) is 2.13. The minimum atomic E-state index is -0.906. The third-order valence-electron chi connectivity index (χ3n) is 3.49. The Kier molecular flexibility index (Phi) is 8.71. The van der Waals surface area contributed by atoms with E-state index in [9.17, 15) is 9.90 Å². The Labute approximate surface area is 127 Å². The highest BCUT2D eigenvalue weighted by atomic mass is 16.3. The van der Waals surface area contributed by atoms with Crippen molar-refractivity contribution in [2.45, 2.75) is 51.6 Å². The van der Waals surface area contributed by atoms with Crippen molar-refractivity contribution >= 4 is 5.91 Å². The van der Waals surface area contributed by atoms with Gasteiger partial charge in [-0.1, -0.05) is 44.7 Å².